The van der Waals surface area contributed by atoms with E-state index in [0.29, 0.717) is 57.0 Å². The maximum absolute atomic E-state index is 14.4. The molecule has 11 nitrogen and oxygen atoms in total. The SMILES string of the molecule is CCOC(=O)C(Cc1cc(CO[Si](C)(C)C(C)(C)C)ccc1OCc1ccnc(-c2ccccc2OC)n1)Oc1ncnc2sc(-c3ccc(F)cc3)c(-c3ccc(CO[Si](C)(C)C(C)(C)C)c(Cl)c3C)c12. The number of nitrogens with zero attached hydrogens (tertiary/aromatic N) is 4. The number of hydrogen-bond acceptors (Lipinski definition) is 12. The van der Waals surface area contributed by atoms with Gasteiger partial charge < -0.3 is 27.8 Å². The molecule has 3 heterocycles. The van der Waals surface area contributed by atoms with Gasteiger partial charge in [-0.25, -0.2) is 29.1 Å². The van der Waals surface area contributed by atoms with E-state index in [-0.39, 0.29) is 41.4 Å². The molecule has 0 bridgehead atoms. The first kappa shape index (κ1) is 54.2. The van der Waals surface area contributed by atoms with Crippen LogP contribution in [0.15, 0.2) is 97.5 Å². The number of thiophene rings is 1. The van der Waals surface area contributed by atoms with Crippen LogP contribution in [-0.2, 0) is 44.6 Å². The van der Waals surface area contributed by atoms with Crippen LogP contribution in [0.1, 0.15) is 76.4 Å². The Hall–Kier alpha value is -5.56. The standard InChI is InChI=1S/C56H66ClFN4O7SSi2/c1-14-65-54(63)46(30-39-29-36(31-67-71(10,11)55(3,4)5)19-26-44(39)66-33-41-27-28-59-51(62-41)43-17-15-16-18-45(43)64-9)69-52-48-47(50(70-53(48)61-34-60-52)37-20-23-40(58)24-21-37)42-25-22-38(49(57)35(42)2)32-68-72(12,13)56(6,7)8/h15-29,34,46H,14,30-33H2,1-13H3. The van der Waals surface area contributed by atoms with Crippen molar-refractivity contribution in [1.29, 1.82) is 0 Å². The van der Waals surface area contributed by atoms with Gasteiger partial charge in [0.25, 0.3) is 0 Å². The molecule has 0 aliphatic heterocycles. The van der Waals surface area contributed by atoms with Crippen LogP contribution in [0.4, 0.5) is 4.39 Å². The molecule has 4 aromatic carbocycles. The summed E-state index contributed by atoms with van der Waals surface area (Å²) in [6.07, 6.45) is 1.96. The van der Waals surface area contributed by atoms with Crippen molar-refractivity contribution in [3.05, 3.63) is 136 Å². The van der Waals surface area contributed by atoms with E-state index in [4.69, 9.17) is 54.4 Å². The van der Waals surface area contributed by atoms with E-state index in [1.54, 1.807) is 38.4 Å². The zero-order valence-electron chi connectivity index (χ0n) is 43.7. The number of esters is 1. The normalized spacial score (nSPS) is 12.8. The molecule has 16 heteroatoms. The minimum Gasteiger partial charge on any atom is -0.496 e. The fraction of sp³-hybridized carbons (Fsp3) is 0.375. The number of halogens is 2. The van der Waals surface area contributed by atoms with Gasteiger partial charge in [-0.05, 0) is 126 Å². The van der Waals surface area contributed by atoms with Crippen LogP contribution in [-0.4, -0.2) is 62.4 Å². The van der Waals surface area contributed by atoms with Crippen molar-refractivity contribution in [2.45, 2.75) is 124 Å². The molecule has 1 unspecified atom stereocenters. The van der Waals surface area contributed by atoms with E-state index in [1.807, 2.05) is 61.5 Å². The van der Waals surface area contributed by atoms with Gasteiger partial charge in [-0.2, -0.15) is 0 Å². The van der Waals surface area contributed by atoms with Gasteiger partial charge in [-0.3, -0.25) is 0 Å². The van der Waals surface area contributed by atoms with Gasteiger partial charge in [0.2, 0.25) is 12.0 Å². The van der Waals surface area contributed by atoms with E-state index in [9.17, 15) is 9.18 Å². The molecule has 0 fully saturated rings. The lowest BCUT2D eigenvalue weighted by atomic mass is 9.94. The smallest absolute Gasteiger partial charge is 0.347 e. The van der Waals surface area contributed by atoms with Crippen molar-refractivity contribution in [3.8, 4) is 50.3 Å². The fourth-order valence-corrected chi connectivity index (χ4v) is 10.8. The average Bonchev–Trinajstić information content (AvgIpc) is 3.73. The molecule has 0 aliphatic rings. The molecule has 0 saturated carbocycles. The molecule has 0 spiro atoms. The second-order valence-corrected chi connectivity index (χ2v) is 31.8. The highest BCUT2D eigenvalue weighted by molar-refractivity contribution is 7.22. The number of para-hydroxylation sites is 1. The summed E-state index contributed by atoms with van der Waals surface area (Å²) in [5.41, 5.74) is 6.96. The minimum atomic E-state index is -2.14. The summed E-state index contributed by atoms with van der Waals surface area (Å²) in [4.78, 5) is 34.4. The van der Waals surface area contributed by atoms with E-state index in [2.05, 4.69) is 72.7 Å². The van der Waals surface area contributed by atoms with Crippen LogP contribution >= 0.6 is 22.9 Å². The Kier molecular flexibility index (Phi) is 16.8. The minimum absolute atomic E-state index is 0.00709. The lowest BCUT2D eigenvalue weighted by molar-refractivity contribution is -0.151. The largest absolute Gasteiger partial charge is 0.496 e. The number of carbonyl (C=O) groups is 1. The molecule has 7 rings (SSSR count). The van der Waals surface area contributed by atoms with Gasteiger partial charge in [0.1, 0.15) is 35.1 Å². The average molecular weight is 1050 g/mol. The Balaban J connectivity index is 1.30. The molecule has 0 saturated heterocycles. The summed E-state index contributed by atoms with van der Waals surface area (Å²) < 4.78 is 52.5. The second-order valence-electron chi connectivity index (χ2n) is 20.8. The quantitative estimate of drug-likeness (QED) is 0.0568. The van der Waals surface area contributed by atoms with Crippen molar-refractivity contribution in [1.82, 2.24) is 19.9 Å². The van der Waals surface area contributed by atoms with Crippen molar-refractivity contribution in [3.63, 3.8) is 0 Å². The third-order valence-electron chi connectivity index (χ3n) is 13.9. The van der Waals surface area contributed by atoms with Gasteiger partial charge >= 0.3 is 5.97 Å². The summed E-state index contributed by atoms with van der Waals surface area (Å²) in [5.74, 6) is 0.895. The molecule has 0 N–H and O–H groups in total. The third-order valence-corrected chi connectivity index (χ3v) is 24.5. The molecule has 0 aliphatic carbocycles. The van der Waals surface area contributed by atoms with Gasteiger partial charge in [-0.15, -0.1) is 11.3 Å². The topological polar surface area (TPSA) is 124 Å². The predicted octanol–water partition coefficient (Wildman–Crippen LogP) is 14.8. The number of hydrogen-bond donors (Lipinski definition) is 0. The van der Waals surface area contributed by atoms with Gasteiger partial charge in [0.05, 0.1) is 43.6 Å². The maximum atomic E-state index is 14.4. The zero-order chi connectivity index (χ0) is 52.2. The molecule has 7 aromatic rings. The Morgan fingerprint density at radius 3 is 2.17 bits per heavy atom. The number of rotatable bonds is 19. The first-order valence-corrected chi connectivity index (χ1v) is 31.2. The van der Waals surface area contributed by atoms with Crippen LogP contribution in [0.25, 0.3) is 43.2 Å². The molecular formula is C56H66ClFN4O7SSi2. The summed E-state index contributed by atoms with van der Waals surface area (Å²) in [7, 11) is -2.63. The summed E-state index contributed by atoms with van der Waals surface area (Å²) in [6.45, 7) is 26.8. The Bertz CT molecular complexity index is 3050. The van der Waals surface area contributed by atoms with Crippen molar-refractivity contribution < 1.29 is 37.0 Å². The molecule has 380 valence electrons. The lowest BCUT2D eigenvalue weighted by Gasteiger charge is -2.36. The molecule has 0 amide bonds. The monoisotopic (exact) mass is 1050 g/mol. The Labute approximate surface area is 434 Å². The number of aromatic nitrogens is 4. The Morgan fingerprint density at radius 1 is 0.792 bits per heavy atom. The number of fused-ring (bicyclic) bond motifs is 1. The number of methoxy groups -OCH3 is 1. The third kappa shape index (κ3) is 12.3. The molecule has 0 radical (unpaired) electrons. The second kappa shape index (κ2) is 22.3. The van der Waals surface area contributed by atoms with E-state index >= 15 is 0 Å². The van der Waals surface area contributed by atoms with E-state index < -0.39 is 28.7 Å². The molecular weight excluding hydrogens is 983 g/mol. The van der Waals surface area contributed by atoms with Gasteiger partial charge in [0, 0.05) is 28.1 Å². The lowest BCUT2D eigenvalue weighted by Crippen LogP contribution is -2.40. The van der Waals surface area contributed by atoms with Crippen LogP contribution < -0.4 is 14.2 Å². The van der Waals surface area contributed by atoms with Gasteiger partial charge in [0.15, 0.2) is 22.5 Å². The van der Waals surface area contributed by atoms with E-state index in [1.165, 1.54) is 29.8 Å². The highest BCUT2D eigenvalue weighted by Gasteiger charge is 2.38. The summed E-state index contributed by atoms with van der Waals surface area (Å²) in [5, 5.41) is 1.15. The first-order chi connectivity index (χ1) is 34.0. The maximum Gasteiger partial charge on any atom is 0.347 e. The first-order valence-electron chi connectivity index (χ1n) is 24.1. The molecule has 72 heavy (non-hydrogen) atoms. The number of benzene rings is 4. The van der Waals surface area contributed by atoms with Crippen molar-refractivity contribution in [2.24, 2.45) is 0 Å². The summed E-state index contributed by atoms with van der Waals surface area (Å²) in [6, 6.07) is 25.6. The van der Waals surface area contributed by atoms with Crippen molar-refractivity contribution in [2.75, 3.05) is 13.7 Å². The number of carbonyl (C=O) groups excluding carboxylic acids is 1. The number of ether oxygens (including phenoxy) is 4. The van der Waals surface area contributed by atoms with Crippen LogP contribution in [0.2, 0.25) is 41.3 Å². The van der Waals surface area contributed by atoms with Crippen molar-refractivity contribution >= 4 is 55.8 Å². The zero-order valence-corrected chi connectivity index (χ0v) is 47.2. The molecule has 3 aromatic heterocycles. The highest BCUT2D eigenvalue weighted by atomic mass is 35.5. The molecule has 1 atom stereocenters. The van der Waals surface area contributed by atoms with Crippen LogP contribution in [0, 0.1) is 12.7 Å². The predicted molar refractivity (Wildman–Crippen MR) is 292 cm³/mol. The van der Waals surface area contributed by atoms with E-state index in [0.717, 1.165) is 43.8 Å². The Morgan fingerprint density at radius 2 is 1.49 bits per heavy atom. The van der Waals surface area contributed by atoms with Crippen LogP contribution in [0.5, 0.6) is 17.4 Å². The van der Waals surface area contributed by atoms with Crippen LogP contribution in [0.3, 0.4) is 0 Å². The fourth-order valence-electron chi connectivity index (χ4n) is 7.49. The highest BCUT2D eigenvalue weighted by Crippen LogP contribution is 2.49. The summed E-state index contributed by atoms with van der Waals surface area (Å²) >= 11 is 8.68. The van der Waals surface area contributed by atoms with Gasteiger partial charge in [-0.1, -0.05) is 95.6 Å².